The van der Waals surface area contributed by atoms with Gasteiger partial charge in [-0.3, -0.25) is 9.59 Å². The van der Waals surface area contributed by atoms with Crippen molar-refractivity contribution in [3.63, 3.8) is 0 Å². The first-order chi connectivity index (χ1) is 11.2. The van der Waals surface area contributed by atoms with Crippen molar-refractivity contribution in [2.75, 3.05) is 7.05 Å². The Balaban J connectivity index is 2.24. The van der Waals surface area contributed by atoms with E-state index in [2.05, 4.69) is 5.32 Å². The van der Waals surface area contributed by atoms with Gasteiger partial charge in [0, 0.05) is 7.05 Å². The minimum Gasteiger partial charge on any atom is -0.369 e. The van der Waals surface area contributed by atoms with Crippen LogP contribution in [0.15, 0.2) is 36.4 Å². The van der Waals surface area contributed by atoms with Crippen LogP contribution in [0.3, 0.4) is 0 Å². The highest BCUT2D eigenvalue weighted by Gasteiger charge is 2.63. The fourth-order valence-electron chi connectivity index (χ4n) is 4.31. The summed E-state index contributed by atoms with van der Waals surface area (Å²) in [6, 6.07) is 4.63. The summed E-state index contributed by atoms with van der Waals surface area (Å²) in [7, 11) is 1.41. The van der Waals surface area contributed by atoms with Gasteiger partial charge in [-0.05, 0) is 29.9 Å². The average molecular weight is 338 g/mol. The number of nitrogens with one attached hydrogen (secondary N) is 1. The Morgan fingerprint density at radius 1 is 1.29 bits per heavy atom. The van der Waals surface area contributed by atoms with Crippen LogP contribution in [0.1, 0.15) is 17.5 Å². The van der Waals surface area contributed by atoms with Crippen molar-refractivity contribution >= 4 is 11.8 Å². The van der Waals surface area contributed by atoms with Crippen molar-refractivity contribution in [1.82, 2.24) is 5.32 Å². The van der Waals surface area contributed by atoms with Crippen molar-refractivity contribution < 1.29 is 22.8 Å². The Morgan fingerprint density at radius 2 is 2.00 bits per heavy atom. The molecular formula is C17H17F3N2O2. The molecule has 1 aromatic carbocycles. The van der Waals surface area contributed by atoms with Crippen molar-refractivity contribution in [3.8, 4) is 0 Å². The summed E-state index contributed by atoms with van der Waals surface area (Å²) in [5.41, 5.74) is 3.47. The standard InChI is InChI=1S/C17H17F3N2O2/c1-22-15(24)16(10-3-2-4-12(8-10)17(18,19)20)11-6-5-9(7-11)13(16)14(21)23/h2-6,8-9,11,13H,7H2,1H3,(H2,21,23)(H,22,24). The monoisotopic (exact) mass is 338 g/mol. The molecule has 4 nitrogen and oxygen atoms in total. The predicted octanol–water partition coefficient (Wildman–Crippen LogP) is 2.00. The molecule has 0 aromatic heterocycles. The summed E-state index contributed by atoms with van der Waals surface area (Å²) < 4.78 is 39.3. The second-order valence-electron chi connectivity index (χ2n) is 6.30. The molecule has 2 aliphatic rings. The molecule has 4 unspecified atom stereocenters. The molecule has 4 atom stereocenters. The number of amides is 2. The summed E-state index contributed by atoms with van der Waals surface area (Å²) in [5, 5.41) is 2.51. The normalized spacial score (nSPS) is 31.2. The Morgan fingerprint density at radius 3 is 2.58 bits per heavy atom. The molecule has 24 heavy (non-hydrogen) atoms. The number of hydrogen-bond donors (Lipinski definition) is 2. The number of benzene rings is 1. The highest BCUT2D eigenvalue weighted by molar-refractivity contribution is 5.97. The van der Waals surface area contributed by atoms with E-state index in [-0.39, 0.29) is 17.4 Å². The van der Waals surface area contributed by atoms with Crippen LogP contribution in [0.5, 0.6) is 0 Å². The Bertz CT molecular complexity index is 729. The number of likely N-dealkylation sites (N-methyl/N-ethyl adjacent to an activating group) is 1. The van der Waals surface area contributed by atoms with Gasteiger partial charge in [-0.15, -0.1) is 0 Å². The van der Waals surface area contributed by atoms with E-state index in [1.54, 1.807) is 6.08 Å². The first kappa shape index (κ1) is 16.5. The quantitative estimate of drug-likeness (QED) is 0.828. The van der Waals surface area contributed by atoms with E-state index in [9.17, 15) is 22.8 Å². The van der Waals surface area contributed by atoms with Crippen LogP contribution in [0.4, 0.5) is 13.2 Å². The average Bonchev–Trinajstić information content (AvgIpc) is 3.13. The molecule has 0 spiro atoms. The molecule has 0 heterocycles. The van der Waals surface area contributed by atoms with E-state index in [1.165, 1.54) is 19.2 Å². The van der Waals surface area contributed by atoms with Gasteiger partial charge in [-0.1, -0.05) is 30.4 Å². The first-order valence-electron chi connectivity index (χ1n) is 7.60. The maximum Gasteiger partial charge on any atom is 0.416 e. The molecule has 3 rings (SSSR count). The van der Waals surface area contributed by atoms with Gasteiger partial charge >= 0.3 is 6.18 Å². The third-order valence-corrected chi connectivity index (χ3v) is 5.20. The van der Waals surface area contributed by atoms with Gasteiger partial charge in [0.15, 0.2) is 0 Å². The summed E-state index contributed by atoms with van der Waals surface area (Å²) in [5.74, 6) is -2.62. The maximum atomic E-state index is 13.1. The number of hydrogen-bond acceptors (Lipinski definition) is 2. The lowest BCUT2D eigenvalue weighted by Crippen LogP contribution is -2.55. The Kier molecular flexibility index (Phi) is 3.69. The predicted molar refractivity (Wildman–Crippen MR) is 80.6 cm³/mol. The zero-order chi connectivity index (χ0) is 17.7. The molecule has 1 fully saturated rings. The number of rotatable bonds is 3. The molecule has 2 aliphatic carbocycles. The number of nitrogens with two attached hydrogens (primary N) is 1. The third-order valence-electron chi connectivity index (χ3n) is 5.20. The van der Waals surface area contributed by atoms with Gasteiger partial charge < -0.3 is 11.1 Å². The largest absolute Gasteiger partial charge is 0.416 e. The van der Waals surface area contributed by atoms with Crippen LogP contribution in [-0.2, 0) is 21.2 Å². The first-order valence-corrected chi connectivity index (χ1v) is 7.60. The lowest BCUT2D eigenvalue weighted by molar-refractivity contribution is -0.138. The van der Waals surface area contributed by atoms with Crippen LogP contribution < -0.4 is 11.1 Å². The van der Waals surface area contributed by atoms with Crippen LogP contribution in [-0.4, -0.2) is 18.9 Å². The van der Waals surface area contributed by atoms with Crippen LogP contribution in [0.2, 0.25) is 0 Å². The molecule has 2 bridgehead atoms. The van der Waals surface area contributed by atoms with Crippen molar-refractivity contribution in [2.45, 2.75) is 18.0 Å². The molecule has 1 saturated carbocycles. The zero-order valence-electron chi connectivity index (χ0n) is 12.9. The molecule has 0 radical (unpaired) electrons. The Hall–Kier alpha value is -2.31. The highest BCUT2D eigenvalue weighted by Crippen LogP contribution is 2.57. The van der Waals surface area contributed by atoms with E-state index in [0.717, 1.165) is 12.1 Å². The summed E-state index contributed by atoms with van der Waals surface area (Å²) in [6.07, 6.45) is -0.374. The van der Waals surface area contributed by atoms with E-state index in [1.807, 2.05) is 6.08 Å². The van der Waals surface area contributed by atoms with Gasteiger partial charge in [0.1, 0.15) is 0 Å². The van der Waals surface area contributed by atoms with E-state index >= 15 is 0 Å². The number of primary amides is 1. The van der Waals surface area contributed by atoms with Crippen molar-refractivity contribution in [3.05, 3.63) is 47.5 Å². The van der Waals surface area contributed by atoms with Gasteiger partial charge in [0.25, 0.3) is 0 Å². The summed E-state index contributed by atoms with van der Waals surface area (Å²) >= 11 is 0. The number of halogens is 3. The topological polar surface area (TPSA) is 72.2 Å². The minimum absolute atomic E-state index is 0.178. The minimum atomic E-state index is -4.53. The van der Waals surface area contributed by atoms with E-state index < -0.39 is 34.9 Å². The fourth-order valence-corrected chi connectivity index (χ4v) is 4.31. The zero-order valence-corrected chi connectivity index (χ0v) is 12.9. The molecule has 7 heteroatoms. The summed E-state index contributed by atoms with van der Waals surface area (Å²) in [4.78, 5) is 24.8. The lowest BCUT2D eigenvalue weighted by Gasteiger charge is -2.39. The SMILES string of the molecule is CNC(=O)C1(c2cccc(C(F)(F)F)c2)C2C=CC(C2)C1C(N)=O. The van der Waals surface area contributed by atoms with E-state index in [0.29, 0.717) is 6.42 Å². The number of carbonyl (C=O) groups excluding carboxylic acids is 2. The Labute approximate surface area is 136 Å². The van der Waals surface area contributed by atoms with E-state index in [4.69, 9.17) is 5.73 Å². The number of carbonyl (C=O) groups is 2. The second kappa shape index (κ2) is 5.36. The van der Waals surface area contributed by atoms with Crippen LogP contribution >= 0.6 is 0 Å². The number of fused-ring (bicyclic) bond motifs is 2. The number of alkyl halides is 3. The maximum absolute atomic E-state index is 13.1. The van der Waals surface area contributed by atoms with Gasteiger partial charge in [-0.2, -0.15) is 13.2 Å². The second-order valence-corrected chi connectivity index (χ2v) is 6.30. The van der Waals surface area contributed by atoms with Crippen LogP contribution in [0.25, 0.3) is 0 Å². The van der Waals surface area contributed by atoms with Gasteiger partial charge in [0.05, 0.1) is 16.9 Å². The van der Waals surface area contributed by atoms with Crippen molar-refractivity contribution in [2.24, 2.45) is 23.5 Å². The molecule has 128 valence electrons. The lowest BCUT2D eigenvalue weighted by atomic mass is 9.63. The molecule has 2 amide bonds. The van der Waals surface area contributed by atoms with Crippen molar-refractivity contribution in [1.29, 1.82) is 0 Å². The molecule has 0 saturated heterocycles. The highest BCUT2D eigenvalue weighted by atomic mass is 19.4. The molecule has 3 N–H and O–H groups in total. The fraction of sp³-hybridized carbons (Fsp3) is 0.412. The summed E-state index contributed by atoms with van der Waals surface area (Å²) in [6.45, 7) is 0. The molecular weight excluding hydrogens is 321 g/mol. The van der Waals surface area contributed by atoms with Crippen LogP contribution in [0, 0.1) is 17.8 Å². The molecule has 1 aromatic rings. The third kappa shape index (κ3) is 2.14. The smallest absolute Gasteiger partial charge is 0.369 e. The molecule has 0 aliphatic heterocycles. The van der Waals surface area contributed by atoms with Gasteiger partial charge in [0.2, 0.25) is 11.8 Å². The number of allylic oxidation sites excluding steroid dienone is 2. The van der Waals surface area contributed by atoms with Gasteiger partial charge in [-0.25, -0.2) is 0 Å².